The predicted octanol–water partition coefficient (Wildman–Crippen LogP) is 3.83. The van der Waals surface area contributed by atoms with Gasteiger partial charge in [0.1, 0.15) is 0 Å². The Morgan fingerprint density at radius 3 is 2.17 bits per heavy atom. The van der Waals surface area contributed by atoms with Crippen molar-refractivity contribution in [3.8, 4) is 0 Å². The van der Waals surface area contributed by atoms with Gasteiger partial charge in [-0.05, 0) is 43.0 Å². The van der Waals surface area contributed by atoms with Crippen LogP contribution in [0.2, 0.25) is 0 Å². The number of rotatable bonds is 7. The maximum absolute atomic E-state index is 12.2. The van der Waals surface area contributed by atoms with Gasteiger partial charge in [0.05, 0.1) is 6.04 Å². The van der Waals surface area contributed by atoms with E-state index >= 15 is 0 Å². The highest BCUT2D eigenvalue weighted by atomic mass is 16.2. The van der Waals surface area contributed by atoms with Gasteiger partial charge in [0.15, 0.2) is 0 Å². The molecule has 0 aliphatic carbocycles. The lowest BCUT2D eigenvalue weighted by Gasteiger charge is -2.28. The monoisotopic (exact) mass is 391 g/mol. The van der Waals surface area contributed by atoms with Crippen molar-refractivity contribution in [2.75, 3.05) is 24.5 Å². The zero-order valence-electron chi connectivity index (χ0n) is 17.0. The molecule has 2 aromatic carbocycles. The molecule has 0 spiro atoms. The Labute approximate surface area is 172 Å². The summed E-state index contributed by atoms with van der Waals surface area (Å²) in [4.78, 5) is 28.0. The molecule has 2 saturated heterocycles. The van der Waals surface area contributed by atoms with Crippen molar-refractivity contribution in [2.24, 2.45) is 0 Å². The van der Waals surface area contributed by atoms with E-state index in [1.54, 1.807) is 0 Å². The van der Waals surface area contributed by atoms with Crippen LogP contribution in [0.3, 0.4) is 0 Å². The molecule has 1 N–H and O–H groups in total. The molecular weight excluding hydrogens is 362 g/mol. The summed E-state index contributed by atoms with van der Waals surface area (Å²) in [5, 5.41) is 3.72. The summed E-state index contributed by atoms with van der Waals surface area (Å²) < 4.78 is 0. The zero-order chi connectivity index (χ0) is 20.2. The van der Waals surface area contributed by atoms with Gasteiger partial charge >= 0.3 is 0 Å². The summed E-state index contributed by atoms with van der Waals surface area (Å²) >= 11 is 0. The van der Waals surface area contributed by atoms with Crippen LogP contribution < -0.4 is 10.2 Å². The molecule has 2 aliphatic rings. The zero-order valence-corrected chi connectivity index (χ0v) is 17.0. The lowest BCUT2D eigenvalue weighted by atomic mass is 10.0. The van der Waals surface area contributed by atoms with E-state index in [0.29, 0.717) is 19.4 Å². The van der Waals surface area contributed by atoms with E-state index in [9.17, 15) is 9.59 Å². The van der Waals surface area contributed by atoms with E-state index in [1.807, 2.05) is 40.1 Å². The Kier molecular flexibility index (Phi) is 5.95. The summed E-state index contributed by atoms with van der Waals surface area (Å²) in [7, 11) is 0. The lowest BCUT2D eigenvalue weighted by Crippen LogP contribution is -2.37. The number of anilines is 1. The normalized spacial score (nSPS) is 19.1. The number of carbonyl (C=O) groups excluding carboxylic acids is 2. The number of benzene rings is 2. The van der Waals surface area contributed by atoms with Gasteiger partial charge < -0.3 is 15.1 Å². The number of hydrogen-bond acceptors (Lipinski definition) is 3. The molecule has 0 saturated carbocycles. The molecule has 2 amide bonds. The van der Waals surface area contributed by atoms with Gasteiger partial charge in [-0.1, -0.05) is 42.5 Å². The largest absolute Gasteiger partial charge is 0.341 e. The van der Waals surface area contributed by atoms with Gasteiger partial charge in [0.25, 0.3) is 0 Å². The van der Waals surface area contributed by atoms with Crippen LogP contribution in [0.4, 0.5) is 5.69 Å². The number of amides is 2. The number of carbonyl (C=O) groups is 2. The Hall–Kier alpha value is -2.66. The fourth-order valence-electron chi connectivity index (χ4n) is 4.32. The first kappa shape index (κ1) is 19.6. The molecule has 2 fully saturated rings. The van der Waals surface area contributed by atoms with Crippen LogP contribution in [0.5, 0.6) is 0 Å². The van der Waals surface area contributed by atoms with Crippen LogP contribution in [0.15, 0.2) is 54.6 Å². The van der Waals surface area contributed by atoms with Crippen LogP contribution in [0, 0.1) is 0 Å². The summed E-state index contributed by atoms with van der Waals surface area (Å²) in [5.74, 6) is 0.461. The molecule has 2 unspecified atom stereocenters. The van der Waals surface area contributed by atoms with Crippen molar-refractivity contribution in [3.63, 3.8) is 0 Å². The maximum atomic E-state index is 12.2. The average Bonchev–Trinajstić information content (AvgIpc) is 3.36. The van der Waals surface area contributed by atoms with Crippen molar-refractivity contribution in [1.82, 2.24) is 10.2 Å². The van der Waals surface area contributed by atoms with Crippen molar-refractivity contribution in [3.05, 3.63) is 65.7 Å². The van der Waals surface area contributed by atoms with Gasteiger partial charge in [0, 0.05) is 44.2 Å². The average molecular weight is 392 g/mol. The van der Waals surface area contributed by atoms with Crippen LogP contribution >= 0.6 is 0 Å². The van der Waals surface area contributed by atoms with Gasteiger partial charge in [-0.2, -0.15) is 0 Å². The molecule has 5 heteroatoms. The molecule has 152 valence electrons. The summed E-state index contributed by atoms with van der Waals surface area (Å²) in [6.07, 6.45) is 3.19. The topological polar surface area (TPSA) is 52.7 Å². The summed E-state index contributed by atoms with van der Waals surface area (Å²) in [5.41, 5.74) is 3.35. The number of nitrogens with zero attached hydrogens (tertiary/aromatic N) is 2. The molecule has 2 aromatic rings. The van der Waals surface area contributed by atoms with Crippen molar-refractivity contribution in [2.45, 2.75) is 44.7 Å². The minimum Gasteiger partial charge on any atom is -0.341 e. The third kappa shape index (κ3) is 4.51. The molecule has 2 atom stereocenters. The van der Waals surface area contributed by atoms with E-state index < -0.39 is 0 Å². The molecule has 5 nitrogen and oxygen atoms in total. The van der Waals surface area contributed by atoms with E-state index in [-0.39, 0.29) is 23.9 Å². The predicted molar refractivity (Wildman–Crippen MR) is 115 cm³/mol. The minimum absolute atomic E-state index is 0.0769. The Balaban J connectivity index is 1.47. The summed E-state index contributed by atoms with van der Waals surface area (Å²) in [6, 6.07) is 18.8. The van der Waals surface area contributed by atoms with E-state index in [1.165, 1.54) is 11.1 Å². The van der Waals surface area contributed by atoms with E-state index in [2.05, 4.69) is 36.5 Å². The fourth-order valence-corrected chi connectivity index (χ4v) is 4.32. The summed E-state index contributed by atoms with van der Waals surface area (Å²) in [6.45, 7) is 4.49. The van der Waals surface area contributed by atoms with Crippen LogP contribution in [0.1, 0.15) is 55.8 Å². The Morgan fingerprint density at radius 1 is 0.862 bits per heavy atom. The molecule has 0 aromatic heterocycles. The Morgan fingerprint density at radius 2 is 1.55 bits per heavy atom. The number of likely N-dealkylation sites (tertiary alicyclic amines) is 1. The Bertz CT molecular complexity index is 850. The van der Waals surface area contributed by atoms with Gasteiger partial charge in [0.2, 0.25) is 11.8 Å². The smallest absolute Gasteiger partial charge is 0.227 e. The quantitative estimate of drug-likeness (QED) is 0.780. The van der Waals surface area contributed by atoms with Crippen molar-refractivity contribution in [1.29, 1.82) is 0 Å². The van der Waals surface area contributed by atoms with Crippen LogP contribution in [-0.4, -0.2) is 36.3 Å². The first-order chi connectivity index (χ1) is 14.1. The first-order valence-electron chi connectivity index (χ1n) is 10.6. The van der Waals surface area contributed by atoms with Gasteiger partial charge in [-0.3, -0.25) is 9.59 Å². The van der Waals surface area contributed by atoms with Crippen molar-refractivity contribution >= 4 is 17.5 Å². The molecule has 2 heterocycles. The molecule has 0 radical (unpaired) electrons. The van der Waals surface area contributed by atoms with E-state index in [4.69, 9.17) is 0 Å². The fraction of sp³-hybridized carbons (Fsp3) is 0.417. The maximum Gasteiger partial charge on any atom is 0.227 e. The third-order valence-corrected chi connectivity index (χ3v) is 6.01. The van der Waals surface area contributed by atoms with Crippen LogP contribution in [-0.2, 0) is 9.59 Å². The van der Waals surface area contributed by atoms with Crippen molar-refractivity contribution < 1.29 is 9.59 Å². The minimum atomic E-state index is 0.0769. The first-order valence-corrected chi connectivity index (χ1v) is 10.6. The highest BCUT2D eigenvalue weighted by molar-refractivity contribution is 5.95. The second-order valence-electron chi connectivity index (χ2n) is 8.04. The standard InChI is InChI=1S/C24H29N3O2/c1-18(19-11-13-21(14-12-19)27-16-6-10-24(27)29)25-22(20-7-3-2-4-8-20)17-26-15-5-9-23(26)28/h2-4,7-8,11-14,18,22,25H,5-6,9-10,15-17H2,1H3. The van der Waals surface area contributed by atoms with Gasteiger partial charge in [-0.25, -0.2) is 0 Å². The van der Waals surface area contributed by atoms with Crippen LogP contribution in [0.25, 0.3) is 0 Å². The second kappa shape index (κ2) is 8.78. The molecule has 4 rings (SSSR count). The molecule has 2 aliphatic heterocycles. The second-order valence-corrected chi connectivity index (χ2v) is 8.04. The van der Waals surface area contributed by atoms with E-state index in [0.717, 1.165) is 31.6 Å². The SMILES string of the molecule is CC(NC(CN1CCCC1=O)c1ccccc1)c1ccc(N2CCCC2=O)cc1. The molecule has 29 heavy (non-hydrogen) atoms. The third-order valence-electron chi connectivity index (χ3n) is 6.01. The number of nitrogens with one attached hydrogen (secondary N) is 1. The highest BCUT2D eigenvalue weighted by Crippen LogP contribution is 2.26. The lowest BCUT2D eigenvalue weighted by molar-refractivity contribution is -0.128. The molecule has 0 bridgehead atoms. The van der Waals surface area contributed by atoms with Gasteiger partial charge in [-0.15, -0.1) is 0 Å². The number of hydrogen-bond donors (Lipinski definition) is 1. The molecular formula is C24H29N3O2. The highest BCUT2D eigenvalue weighted by Gasteiger charge is 2.26.